The van der Waals surface area contributed by atoms with Gasteiger partial charge < -0.3 is 5.32 Å². The number of hydrogen-bond donors (Lipinski definition) is 1. The molecule has 0 saturated heterocycles. The molecular weight excluding hydrogens is 218 g/mol. The summed E-state index contributed by atoms with van der Waals surface area (Å²) >= 11 is 0. The summed E-state index contributed by atoms with van der Waals surface area (Å²) in [5.74, 6) is 1.36. The molecule has 0 bridgehead atoms. The Morgan fingerprint density at radius 3 is 2.56 bits per heavy atom. The van der Waals surface area contributed by atoms with Gasteiger partial charge in [-0.15, -0.1) is 0 Å². The van der Waals surface area contributed by atoms with Crippen LogP contribution in [0.15, 0.2) is 24.4 Å². The van der Waals surface area contributed by atoms with Gasteiger partial charge >= 0.3 is 0 Å². The van der Waals surface area contributed by atoms with Crippen molar-refractivity contribution in [1.29, 1.82) is 0 Å². The van der Waals surface area contributed by atoms with E-state index in [1.165, 1.54) is 44.2 Å². The first-order chi connectivity index (χ1) is 8.48. The summed E-state index contributed by atoms with van der Waals surface area (Å²) in [6, 6.07) is 0. The largest absolute Gasteiger partial charge is 0.384 e. The molecule has 0 saturated carbocycles. The quantitative estimate of drug-likeness (QED) is 0.622. The van der Waals surface area contributed by atoms with E-state index in [0.717, 1.165) is 5.92 Å². The highest BCUT2D eigenvalue weighted by Gasteiger charge is 2.24. The minimum atomic E-state index is 0.159. The Kier molecular flexibility index (Phi) is 5.98. The average Bonchev–Trinajstić information content (AvgIpc) is 2.30. The standard InChI is InChI=1S/C17H31N/c1-6-16(7-2)14(3)18-17(4,5)13-15-11-9-8-10-12-15/h9,11,15-16,18H,3,6-8,10,12-13H2,1-2,4-5H3. The van der Waals surface area contributed by atoms with Crippen molar-refractivity contribution in [3.05, 3.63) is 24.4 Å². The molecule has 1 heteroatoms. The fraction of sp³-hybridized carbons (Fsp3) is 0.765. The Morgan fingerprint density at radius 2 is 2.06 bits per heavy atom. The molecule has 0 aliphatic heterocycles. The number of nitrogens with one attached hydrogen (secondary N) is 1. The first-order valence-corrected chi connectivity index (χ1v) is 7.62. The first kappa shape index (κ1) is 15.3. The molecule has 1 N–H and O–H groups in total. The van der Waals surface area contributed by atoms with Gasteiger partial charge in [-0.3, -0.25) is 0 Å². The highest BCUT2D eigenvalue weighted by atomic mass is 15.0. The lowest BCUT2D eigenvalue weighted by Crippen LogP contribution is -2.41. The van der Waals surface area contributed by atoms with Crippen LogP contribution in [0.2, 0.25) is 0 Å². The normalized spacial score (nSPS) is 20.2. The van der Waals surface area contributed by atoms with Crippen LogP contribution in [0.5, 0.6) is 0 Å². The molecule has 0 fully saturated rings. The van der Waals surface area contributed by atoms with E-state index in [2.05, 4.69) is 51.7 Å². The molecular formula is C17H31N. The lowest BCUT2D eigenvalue weighted by Gasteiger charge is -2.34. The molecule has 0 spiro atoms. The van der Waals surface area contributed by atoms with Crippen molar-refractivity contribution in [3.8, 4) is 0 Å². The van der Waals surface area contributed by atoms with Crippen LogP contribution in [0.3, 0.4) is 0 Å². The van der Waals surface area contributed by atoms with Crippen LogP contribution in [0, 0.1) is 11.8 Å². The lowest BCUT2D eigenvalue weighted by molar-refractivity contribution is 0.315. The SMILES string of the molecule is C=C(NC(C)(C)CC1C=CCCC1)C(CC)CC. The maximum Gasteiger partial charge on any atom is 0.0320 e. The Labute approximate surface area is 114 Å². The van der Waals surface area contributed by atoms with E-state index in [4.69, 9.17) is 0 Å². The first-order valence-electron chi connectivity index (χ1n) is 7.62. The van der Waals surface area contributed by atoms with E-state index in [1.807, 2.05) is 0 Å². The summed E-state index contributed by atoms with van der Waals surface area (Å²) in [4.78, 5) is 0. The molecule has 1 aliphatic carbocycles. The Hall–Kier alpha value is -0.720. The van der Waals surface area contributed by atoms with Crippen LogP contribution >= 0.6 is 0 Å². The summed E-state index contributed by atoms with van der Waals surface area (Å²) in [7, 11) is 0. The second kappa shape index (κ2) is 7.01. The van der Waals surface area contributed by atoms with Gasteiger partial charge in [0.1, 0.15) is 0 Å². The van der Waals surface area contributed by atoms with Gasteiger partial charge in [0.25, 0.3) is 0 Å². The summed E-state index contributed by atoms with van der Waals surface area (Å²) in [6.45, 7) is 13.4. The molecule has 0 aromatic rings. The zero-order chi connectivity index (χ0) is 13.6. The van der Waals surface area contributed by atoms with Crippen molar-refractivity contribution in [1.82, 2.24) is 5.32 Å². The van der Waals surface area contributed by atoms with E-state index < -0.39 is 0 Å². The minimum Gasteiger partial charge on any atom is -0.384 e. The Bertz CT molecular complexity index is 284. The van der Waals surface area contributed by atoms with E-state index in [1.54, 1.807) is 0 Å². The molecule has 18 heavy (non-hydrogen) atoms. The van der Waals surface area contributed by atoms with Crippen LogP contribution in [0.1, 0.15) is 66.2 Å². The fourth-order valence-electron chi connectivity index (χ4n) is 3.08. The van der Waals surface area contributed by atoms with Gasteiger partial charge in [-0.2, -0.15) is 0 Å². The molecule has 1 nitrogen and oxygen atoms in total. The Balaban J connectivity index is 2.49. The molecule has 1 unspecified atom stereocenters. The van der Waals surface area contributed by atoms with Crippen LogP contribution in [-0.2, 0) is 0 Å². The van der Waals surface area contributed by atoms with Gasteiger partial charge in [0, 0.05) is 11.2 Å². The second-order valence-corrected chi connectivity index (χ2v) is 6.37. The van der Waals surface area contributed by atoms with Crippen molar-refractivity contribution in [3.63, 3.8) is 0 Å². The van der Waals surface area contributed by atoms with Gasteiger partial charge in [0.2, 0.25) is 0 Å². The number of hydrogen-bond acceptors (Lipinski definition) is 1. The third kappa shape index (κ3) is 4.88. The summed E-state index contributed by atoms with van der Waals surface area (Å²) in [6.07, 6.45) is 12.3. The van der Waals surface area contributed by atoms with Crippen molar-refractivity contribution >= 4 is 0 Å². The van der Waals surface area contributed by atoms with Crippen LogP contribution in [0.4, 0.5) is 0 Å². The zero-order valence-corrected chi connectivity index (χ0v) is 12.8. The number of rotatable bonds is 7. The summed E-state index contributed by atoms with van der Waals surface area (Å²) < 4.78 is 0. The van der Waals surface area contributed by atoms with E-state index in [0.29, 0.717) is 5.92 Å². The second-order valence-electron chi connectivity index (χ2n) is 6.37. The van der Waals surface area contributed by atoms with Gasteiger partial charge in [-0.05, 0) is 64.2 Å². The summed E-state index contributed by atoms with van der Waals surface area (Å²) in [5, 5.41) is 3.68. The van der Waals surface area contributed by atoms with E-state index >= 15 is 0 Å². The predicted molar refractivity (Wildman–Crippen MR) is 81.5 cm³/mol. The monoisotopic (exact) mass is 249 g/mol. The van der Waals surface area contributed by atoms with Crippen molar-refractivity contribution < 1.29 is 0 Å². The molecule has 1 atom stereocenters. The van der Waals surface area contributed by atoms with Crippen LogP contribution in [-0.4, -0.2) is 5.54 Å². The zero-order valence-electron chi connectivity index (χ0n) is 12.8. The van der Waals surface area contributed by atoms with Gasteiger partial charge in [0.15, 0.2) is 0 Å². The third-order valence-electron chi connectivity index (χ3n) is 4.10. The molecule has 104 valence electrons. The summed E-state index contributed by atoms with van der Waals surface area (Å²) in [5.41, 5.74) is 1.39. The maximum atomic E-state index is 4.25. The molecule has 0 amide bonds. The van der Waals surface area contributed by atoms with Crippen molar-refractivity contribution in [2.75, 3.05) is 0 Å². The molecule has 0 heterocycles. The van der Waals surface area contributed by atoms with E-state index in [-0.39, 0.29) is 5.54 Å². The average molecular weight is 249 g/mol. The van der Waals surface area contributed by atoms with Gasteiger partial charge in [-0.25, -0.2) is 0 Å². The van der Waals surface area contributed by atoms with Gasteiger partial charge in [0.05, 0.1) is 0 Å². The van der Waals surface area contributed by atoms with Crippen molar-refractivity contribution in [2.24, 2.45) is 11.8 Å². The highest BCUT2D eigenvalue weighted by molar-refractivity contribution is 5.04. The fourth-order valence-corrected chi connectivity index (χ4v) is 3.08. The molecule has 0 aromatic carbocycles. The Morgan fingerprint density at radius 1 is 1.39 bits per heavy atom. The van der Waals surface area contributed by atoms with Crippen LogP contribution in [0.25, 0.3) is 0 Å². The molecule has 0 aromatic heterocycles. The lowest BCUT2D eigenvalue weighted by atomic mass is 9.84. The van der Waals surface area contributed by atoms with Crippen LogP contribution < -0.4 is 5.32 Å². The third-order valence-corrected chi connectivity index (χ3v) is 4.10. The highest BCUT2D eigenvalue weighted by Crippen LogP contribution is 2.27. The van der Waals surface area contributed by atoms with E-state index in [9.17, 15) is 0 Å². The minimum absolute atomic E-state index is 0.159. The molecule has 1 rings (SSSR count). The molecule has 1 aliphatic rings. The predicted octanol–water partition coefficient (Wildman–Crippen LogP) is 5.05. The maximum absolute atomic E-state index is 4.25. The smallest absolute Gasteiger partial charge is 0.0320 e. The topological polar surface area (TPSA) is 12.0 Å². The van der Waals surface area contributed by atoms with Crippen molar-refractivity contribution in [2.45, 2.75) is 71.8 Å². The molecule has 0 radical (unpaired) electrons. The van der Waals surface area contributed by atoms with Gasteiger partial charge in [-0.1, -0.05) is 32.6 Å². The number of allylic oxidation sites excluding steroid dienone is 3.